The number of pyridine rings is 1. The van der Waals surface area contributed by atoms with Crippen molar-refractivity contribution < 1.29 is 0 Å². The van der Waals surface area contributed by atoms with E-state index in [1.807, 2.05) is 30.6 Å². The summed E-state index contributed by atoms with van der Waals surface area (Å²) in [5.74, 6) is 1.86. The van der Waals surface area contributed by atoms with E-state index >= 15 is 0 Å². The van der Waals surface area contributed by atoms with Crippen molar-refractivity contribution in [3.05, 3.63) is 193 Å². The van der Waals surface area contributed by atoms with Crippen LogP contribution in [-0.2, 0) is 5.41 Å². The molecular weight excluding hydrogens is 669 g/mol. The van der Waals surface area contributed by atoms with Crippen LogP contribution in [0.15, 0.2) is 188 Å². The van der Waals surface area contributed by atoms with E-state index in [2.05, 4.69) is 171 Å². The van der Waals surface area contributed by atoms with Crippen LogP contribution >= 0.6 is 0 Å². The van der Waals surface area contributed by atoms with Crippen molar-refractivity contribution in [2.45, 2.75) is 32.1 Å². The molecule has 2 aromatic heterocycles. The van der Waals surface area contributed by atoms with Crippen LogP contribution in [0.1, 0.15) is 32.3 Å². The zero-order chi connectivity index (χ0) is 37.2. The van der Waals surface area contributed by atoms with Crippen LogP contribution in [0.3, 0.4) is 0 Å². The lowest BCUT2D eigenvalue weighted by Crippen LogP contribution is -2.17. The number of benzene rings is 6. The average Bonchev–Trinajstić information content (AvgIpc) is 3.63. The first kappa shape index (κ1) is 34.0. The summed E-state index contributed by atoms with van der Waals surface area (Å²) in [6.07, 6.45) is 8.27. The molecule has 0 amide bonds. The average molecular weight is 709 g/mol. The molecule has 0 N–H and O–H groups in total. The van der Waals surface area contributed by atoms with Crippen LogP contribution in [-0.4, -0.2) is 19.9 Å². The number of aromatic nitrogens is 4. The number of nitrogens with zero attached hydrogens (tertiary/aromatic N) is 4. The van der Waals surface area contributed by atoms with E-state index in [0.717, 1.165) is 62.9 Å². The fourth-order valence-electron chi connectivity index (χ4n) is 7.72. The molecule has 0 saturated heterocycles. The highest BCUT2D eigenvalue weighted by Gasteiger charge is 2.30. The minimum absolute atomic E-state index is 0.140. The zero-order valence-electron chi connectivity index (χ0n) is 31.0. The highest BCUT2D eigenvalue weighted by Crippen LogP contribution is 2.41. The molecule has 8 aromatic rings. The van der Waals surface area contributed by atoms with E-state index in [-0.39, 0.29) is 5.41 Å². The lowest BCUT2D eigenvalue weighted by Gasteiger charge is -2.25. The fraction of sp³-hybridized carbons (Fsp3) is 0.0980. The Hall–Kier alpha value is -6.78. The molecule has 4 heteroatoms. The molecule has 2 heterocycles. The van der Waals surface area contributed by atoms with Gasteiger partial charge in [-0.05, 0) is 94.0 Å². The first-order valence-electron chi connectivity index (χ1n) is 18.9. The third-order valence-electron chi connectivity index (χ3n) is 10.8. The Morgan fingerprint density at radius 2 is 0.836 bits per heavy atom. The third kappa shape index (κ3) is 7.15. The van der Waals surface area contributed by atoms with Gasteiger partial charge in [-0.2, -0.15) is 0 Å². The Labute approximate surface area is 323 Å². The summed E-state index contributed by atoms with van der Waals surface area (Å²) in [6, 6.07) is 57.6. The smallest absolute Gasteiger partial charge is 0.164 e. The van der Waals surface area contributed by atoms with Gasteiger partial charge in [-0.15, -0.1) is 0 Å². The van der Waals surface area contributed by atoms with Gasteiger partial charge in [0.2, 0.25) is 0 Å². The first-order chi connectivity index (χ1) is 27.0. The molecule has 0 fully saturated rings. The molecule has 55 heavy (non-hydrogen) atoms. The topological polar surface area (TPSA) is 51.6 Å². The minimum atomic E-state index is 0.140. The van der Waals surface area contributed by atoms with Gasteiger partial charge in [-0.3, -0.25) is 4.98 Å². The summed E-state index contributed by atoms with van der Waals surface area (Å²) in [4.78, 5) is 19.9. The number of hydrogen-bond donors (Lipinski definition) is 0. The van der Waals surface area contributed by atoms with E-state index in [1.54, 1.807) is 0 Å². The number of allylic oxidation sites excluding steroid dienone is 2. The van der Waals surface area contributed by atoms with Crippen molar-refractivity contribution in [1.82, 2.24) is 19.9 Å². The van der Waals surface area contributed by atoms with Gasteiger partial charge in [-0.1, -0.05) is 158 Å². The van der Waals surface area contributed by atoms with Crippen LogP contribution in [0.4, 0.5) is 0 Å². The summed E-state index contributed by atoms with van der Waals surface area (Å²) >= 11 is 0. The van der Waals surface area contributed by atoms with E-state index in [9.17, 15) is 0 Å². The second-order valence-corrected chi connectivity index (χ2v) is 14.8. The van der Waals surface area contributed by atoms with Crippen LogP contribution in [0.2, 0.25) is 0 Å². The minimum Gasteiger partial charge on any atom is -0.264 e. The van der Waals surface area contributed by atoms with Gasteiger partial charge in [0.25, 0.3) is 0 Å². The SMILES string of the molecule is CC1=CCC(C)(c2ccc(-c3cc(-c4cccnc4)cc(-c4nc(-c5ccc(-c6ccccc6)cc5)nc(-c5ccc(-c6ccccc6)cc5)n4)c3)cc2)C1. The van der Waals surface area contributed by atoms with Gasteiger partial charge >= 0.3 is 0 Å². The Balaban J connectivity index is 1.16. The maximum atomic E-state index is 5.18. The van der Waals surface area contributed by atoms with E-state index in [0.29, 0.717) is 17.5 Å². The molecule has 0 bridgehead atoms. The zero-order valence-corrected chi connectivity index (χ0v) is 31.0. The van der Waals surface area contributed by atoms with Crippen molar-refractivity contribution >= 4 is 0 Å². The van der Waals surface area contributed by atoms with E-state index < -0.39 is 0 Å². The molecule has 1 unspecified atom stereocenters. The summed E-state index contributed by atoms with van der Waals surface area (Å²) in [6.45, 7) is 4.61. The molecule has 4 nitrogen and oxygen atoms in total. The summed E-state index contributed by atoms with van der Waals surface area (Å²) in [5, 5.41) is 0. The Morgan fingerprint density at radius 1 is 0.418 bits per heavy atom. The van der Waals surface area contributed by atoms with Gasteiger partial charge in [0, 0.05) is 34.6 Å². The second kappa shape index (κ2) is 14.6. The molecule has 0 radical (unpaired) electrons. The number of rotatable bonds is 8. The lowest BCUT2D eigenvalue weighted by atomic mass is 9.79. The standard InChI is InChI=1S/C51H40N4/c1-35-27-28-51(2,33-35)47-25-23-40(24-26-47)44-30-45(43-14-9-29-52-34-43)32-46(31-44)50-54-48(41-19-15-38(16-20-41)36-10-5-3-6-11-36)53-49(55-50)42-21-17-39(18-22-42)37-12-7-4-8-13-37/h3-27,29-32,34H,28,33H2,1-2H3. The van der Waals surface area contributed by atoms with Crippen LogP contribution in [0, 0.1) is 0 Å². The van der Waals surface area contributed by atoms with Crippen molar-refractivity contribution in [2.75, 3.05) is 0 Å². The largest absolute Gasteiger partial charge is 0.264 e. The Morgan fingerprint density at radius 3 is 1.33 bits per heavy atom. The van der Waals surface area contributed by atoms with Crippen molar-refractivity contribution in [3.8, 4) is 78.7 Å². The molecule has 6 aromatic carbocycles. The quantitative estimate of drug-likeness (QED) is 0.147. The normalized spacial score (nSPS) is 15.1. The molecule has 0 aliphatic heterocycles. The van der Waals surface area contributed by atoms with Gasteiger partial charge < -0.3 is 0 Å². The first-order valence-corrected chi connectivity index (χ1v) is 18.9. The Bertz CT molecular complexity index is 2510. The van der Waals surface area contributed by atoms with Crippen molar-refractivity contribution in [2.24, 2.45) is 0 Å². The predicted molar refractivity (Wildman–Crippen MR) is 226 cm³/mol. The highest BCUT2D eigenvalue weighted by molar-refractivity contribution is 5.80. The molecule has 0 saturated carbocycles. The molecule has 1 atom stereocenters. The highest BCUT2D eigenvalue weighted by atomic mass is 15.0. The molecule has 0 spiro atoms. The fourth-order valence-corrected chi connectivity index (χ4v) is 7.72. The third-order valence-corrected chi connectivity index (χ3v) is 10.8. The second-order valence-electron chi connectivity index (χ2n) is 14.8. The maximum Gasteiger partial charge on any atom is 0.164 e. The van der Waals surface area contributed by atoms with Crippen molar-refractivity contribution in [3.63, 3.8) is 0 Å². The monoisotopic (exact) mass is 708 g/mol. The summed E-state index contributed by atoms with van der Waals surface area (Å²) in [7, 11) is 0. The predicted octanol–water partition coefficient (Wildman–Crippen LogP) is 12.9. The molecule has 1 aliphatic rings. The maximum absolute atomic E-state index is 5.18. The van der Waals surface area contributed by atoms with Gasteiger partial charge in [0.05, 0.1) is 0 Å². The lowest BCUT2D eigenvalue weighted by molar-refractivity contribution is 0.504. The van der Waals surface area contributed by atoms with Gasteiger partial charge in [-0.25, -0.2) is 15.0 Å². The van der Waals surface area contributed by atoms with E-state index in [1.165, 1.54) is 22.3 Å². The molecule has 9 rings (SSSR count). The molecular formula is C51H40N4. The van der Waals surface area contributed by atoms with Gasteiger partial charge in [0.15, 0.2) is 17.5 Å². The molecule has 1 aliphatic carbocycles. The van der Waals surface area contributed by atoms with E-state index in [4.69, 9.17) is 15.0 Å². The summed E-state index contributed by atoms with van der Waals surface area (Å²) in [5.41, 5.74) is 14.7. The van der Waals surface area contributed by atoms with Gasteiger partial charge in [0.1, 0.15) is 0 Å². The summed E-state index contributed by atoms with van der Waals surface area (Å²) < 4.78 is 0. The van der Waals surface area contributed by atoms with Crippen LogP contribution in [0.5, 0.6) is 0 Å². The van der Waals surface area contributed by atoms with Crippen molar-refractivity contribution in [1.29, 1.82) is 0 Å². The van der Waals surface area contributed by atoms with Crippen LogP contribution < -0.4 is 0 Å². The Kier molecular flexibility index (Phi) is 9.01. The number of hydrogen-bond acceptors (Lipinski definition) is 4. The molecule has 264 valence electrons. The van der Waals surface area contributed by atoms with Crippen LogP contribution in [0.25, 0.3) is 78.7 Å².